The molecular formula is C15H22F2N2O. The summed E-state index contributed by atoms with van der Waals surface area (Å²) in [5, 5.41) is 13.0. The molecule has 2 N–H and O–H groups in total. The van der Waals surface area contributed by atoms with Crippen LogP contribution in [0, 0.1) is 11.6 Å². The summed E-state index contributed by atoms with van der Waals surface area (Å²) in [6.07, 6.45) is 2.87. The third kappa shape index (κ3) is 4.51. The van der Waals surface area contributed by atoms with Crippen molar-refractivity contribution in [2.24, 2.45) is 0 Å². The number of piperidine rings is 1. The average molecular weight is 284 g/mol. The Kier molecular flexibility index (Phi) is 5.88. The van der Waals surface area contributed by atoms with E-state index in [2.05, 4.69) is 10.2 Å². The van der Waals surface area contributed by atoms with Crippen molar-refractivity contribution < 1.29 is 13.9 Å². The lowest BCUT2D eigenvalue weighted by molar-refractivity contribution is 0.165. The van der Waals surface area contributed by atoms with Gasteiger partial charge >= 0.3 is 0 Å². The first kappa shape index (κ1) is 15.4. The summed E-state index contributed by atoms with van der Waals surface area (Å²) in [6, 6.07) is 3.25. The number of hydrogen-bond donors (Lipinski definition) is 2. The van der Waals surface area contributed by atoms with E-state index in [4.69, 9.17) is 0 Å². The van der Waals surface area contributed by atoms with Crippen LogP contribution in [0.4, 0.5) is 8.78 Å². The molecule has 0 radical (unpaired) electrons. The largest absolute Gasteiger partial charge is 0.387 e. The molecule has 1 atom stereocenters. The molecule has 0 spiro atoms. The van der Waals surface area contributed by atoms with Crippen molar-refractivity contribution in [3.05, 3.63) is 35.4 Å². The van der Waals surface area contributed by atoms with Gasteiger partial charge in [0.2, 0.25) is 0 Å². The first-order chi connectivity index (χ1) is 9.66. The number of hydrogen-bond acceptors (Lipinski definition) is 3. The van der Waals surface area contributed by atoms with Crippen LogP contribution >= 0.6 is 0 Å². The predicted molar refractivity (Wildman–Crippen MR) is 74.5 cm³/mol. The Morgan fingerprint density at radius 1 is 1.20 bits per heavy atom. The minimum Gasteiger partial charge on any atom is -0.387 e. The summed E-state index contributed by atoms with van der Waals surface area (Å²) < 4.78 is 26.2. The predicted octanol–water partition coefficient (Wildman–Crippen LogP) is 2.07. The van der Waals surface area contributed by atoms with Crippen LogP contribution in [0.2, 0.25) is 0 Å². The number of nitrogens with zero attached hydrogens (tertiary/aromatic N) is 1. The van der Waals surface area contributed by atoms with Gasteiger partial charge in [0.25, 0.3) is 0 Å². The van der Waals surface area contributed by atoms with Crippen molar-refractivity contribution in [1.82, 2.24) is 10.2 Å². The van der Waals surface area contributed by atoms with Gasteiger partial charge in [-0.25, -0.2) is 8.78 Å². The Hall–Kier alpha value is -1.04. The second kappa shape index (κ2) is 7.67. The molecule has 1 aliphatic heterocycles. The zero-order valence-electron chi connectivity index (χ0n) is 11.6. The summed E-state index contributed by atoms with van der Waals surface area (Å²) in [5.74, 6) is -1.33. The molecule has 0 bridgehead atoms. The SMILES string of the molecule is OC(CNCCN1CCCCC1)c1ccc(F)cc1F. The summed E-state index contributed by atoms with van der Waals surface area (Å²) >= 11 is 0. The molecule has 3 nitrogen and oxygen atoms in total. The molecular weight excluding hydrogens is 262 g/mol. The van der Waals surface area contributed by atoms with Crippen LogP contribution in [-0.2, 0) is 0 Å². The molecule has 1 heterocycles. The Labute approximate surface area is 118 Å². The maximum atomic E-state index is 13.5. The van der Waals surface area contributed by atoms with Gasteiger partial charge in [0, 0.05) is 31.3 Å². The van der Waals surface area contributed by atoms with Crippen LogP contribution in [0.3, 0.4) is 0 Å². The van der Waals surface area contributed by atoms with Crippen LogP contribution in [0.1, 0.15) is 30.9 Å². The zero-order valence-corrected chi connectivity index (χ0v) is 11.6. The molecule has 0 amide bonds. The highest BCUT2D eigenvalue weighted by atomic mass is 19.1. The Morgan fingerprint density at radius 2 is 1.95 bits per heavy atom. The van der Waals surface area contributed by atoms with Crippen LogP contribution in [0.25, 0.3) is 0 Å². The first-order valence-corrected chi connectivity index (χ1v) is 7.23. The Balaban J connectivity index is 1.70. The van der Waals surface area contributed by atoms with Crippen molar-refractivity contribution >= 4 is 0 Å². The fraction of sp³-hybridized carbons (Fsp3) is 0.600. The molecule has 2 rings (SSSR count). The van der Waals surface area contributed by atoms with Crippen molar-refractivity contribution in [3.8, 4) is 0 Å². The average Bonchev–Trinajstić information content (AvgIpc) is 2.44. The van der Waals surface area contributed by atoms with Gasteiger partial charge in [-0.15, -0.1) is 0 Å². The molecule has 1 aliphatic rings. The van der Waals surface area contributed by atoms with Crippen molar-refractivity contribution in [2.75, 3.05) is 32.7 Å². The van der Waals surface area contributed by atoms with E-state index in [1.807, 2.05) is 0 Å². The maximum Gasteiger partial charge on any atom is 0.131 e. The van der Waals surface area contributed by atoms with Crippen LogP contribution < -0.4 is 5.32 Å². The smallest absolute Gasteiger partial charge is 0.131 e. The van der Waals surface area contributed by atoms with E-state index in [1.165, 1.54) is 25.3 Å². The number of benzene rings is 1. The monoisotopic (exact) mass is 284 g/mol. The van der Waals surface area contributed by atoms with Crippen molar-refractivity contribution in [2.45, 2.75) is 25.4 Å². The Morgan fingerprint density at radius 3 is 2.65 bits per heavy atom. The Bertz CT molecular complexity index is 422. The van der Waals surface area contributed by atoms with Crippen molar-refractivity contribution in [1.29, 1.82) is 0 Å². The molecule has 1 fully saturated rings. The fourth-order valence-electron chi connectivity index (χ4n) is 2.54. The minimum absolute atomic E-state index is 0.136. The highest BCUT2D eigenvalue weighted by Crippen LogP contribution is 2.17. The number of likely N-dealkylation sites (tertiary alicyclic amines) is 1. The molecule has 0 saturated carbocycles. The van der Waals surface area contributed by atoms with E-state index in [1.54, 1.807) is 0 Å². The molecule has 1 aromatic rings. The van der Waals surface area contributed by atoms with Crippen LogP contribution in [0.15, 0.2) is 18.2 Å². The molecule has 20 heavy (non-hydrogen) atoms. The summed E-state index contributed by atoms with van der Waals surface area (Å²) in [6.45, 7) is 4.25. The van der Waals surface area contributed by atoms with Gasteiger partial charge in [0.15, 0.2) is 0 Å². The quantitative estimate of drug-likeness (QED) is 0.785. The summed E-state index contributed by atoms with van der Waals surface area (Å²) in [4.78, 5) is 2.39. The van der Waals surface area contributed by atoms with Gasteiger partial charge in [-0.3, -0.25) is 0 Å². The van der Waals surface area contributed by atoms with E-state index in [0.29, 0.717) is 0 Å². The minimum atomic E-state index is -0.947. The third-order valence-corrected chi connectivity index (χ3v) is 3.71. The van der Waals surface area contributed by atoms with Crippen LogP contribution in [-0.4, -0.2) is 42.7 Å². The fourth-order valence-corrected chi connectivity index (χ4v) is 2.54. The second-order valence-electron chi connectivity index (χ2n) is 5.29. The number of rotatable bonds is 6. The maximum absolute atomic E-state index is 13.5. The first-order valence-electron chi connectivity index (χ1n) is 7.23. The van der Waals surface area contributed by atoms with E-state index in [-0.39, 0.29) is 12.1 Å². The molecule has 1 aromatic carbocycles. The van der Waals surface area contributed by atoms with E-state index in [9.17, 15) is 13.9 Å². The van der Waals surface area contributed by atoms with Crippen molar-refractivity contribution in [3.63, 3.8) is 0 Å². The molecule has 5 heteroatoms. The number of halogens is 2. The second-order valence-corrected chi connectivity index (χ2v) is 5.29. The number of aliphatic hydroxyl groups excluding tert-OH is 1. The molecule has 0 aromatic heterocycles. The van der Waals surface area contributed by atoms with Gasteiger partial charge in [0.05, 0.1) is 6.10 Å². The normalized spacial score (nSPS) is 18.1. The van der Waals surface area contributed by atoms with Gasteiger partial charge < -0.3 is 15.3 Å². The van der Waals surface area contributed by atoms with Gasteiger partial charge in [-0.1, -0.05) is 12.5 Å². The van der Waals surface area contributed by atoms with Crippen LogP contribution in [0.5, 0.6) is 0 Å². The lowest BCUT2D eigenvalue weighted by Crippen LogP contribution is -2.36. The highest BCUT2D eigenvalue weighted by Gasteiger charge is 2.14. The highest BCUT2D eigenvalue weighted by molar-refractivity contribution is 5.21. The lowest BCUT2D eigenvalue weighted by atomic mass is 10.1. The molecule has 0 aliphatic carbocycles. The molecule has 1 unspecified atom stereocenters. The summed E-state index contributed by atoms with van der Waals surface area (Å²) in [5.41, 5.74) is 0.136. The molecule has 112 valence electrons. The summed E-state index contributed by atoms with van der Waals surface area (Å²) in [7, 11) is 0. The van der Waals surface area contributed by atoms with Gasteiger partial charge in [-0.05, 0) is 32.0 Å². The van der Waals surface area contributed by atoms with E-state index in [0.717, 1.165) is 38.3 Å². The van der Waals surface area contributed by atoms with E-state index >= 15 is 0 Å². The van der Waals surface area contributed by atoms with Gasteiger partial charge in [0.1, 0.15) is 11.6 Å². The number of aliphatic hydroxyl groups is 1. The lowest BCUT2D eigenvalue weighted by Gasteiger charge is -2.26. The zero-order chi connectivity index (χ0) is 14.4. The topological polar surface area (TPSA) is 35.5 Å². The number of nitrogens with one attached hydrogen (secondary N) is 1. The van der Waals surface area contributed by atoms with E-state index < -0.39 is 17.7 Å². The molecule has 1 saturated heterocycles. The standard InChI is InChI=1S/C15H22F2N2O/c16-12-4-5-13(14(17)10-12)15(20)11-18-6-9-19-7-2-1-3-8-19/h4-5,10,15,18,20H,1-3,6-9,11H2. The third-order valence-electron chi connectivity index (χ3n) is 3.71. The van der Waals surface area contributed by atoms with Gasteiger partial charge in [-0.2, -0.15) is 0 Å².